The van der Waals surface area contributed by atoms with Gasteiger partial charge in [0.15, 0.2) is 0 Å². The molecule has 1 aromatic rings. The van der Waals surface area contributed by atoms with E-state index >= 15 is 0 Å². The lowest BCUT2D eigenvalue weighted by molar-refractivity contribution is -0.137. The minimum Gasteiger partial charge on any atom is -0.353 e. The summed E-state index contributed by atoms with van der Waals surface area (Å²) in [6.45, 7) is 3.46. The molecule has 1 unspecified atom stereocenters. The molecule has 1 saturated carbocycles. The number of nitrogens with one attached hydrogen (secondary N) is 1. The molecule has 2 aliphatic rings. The van der Waals surface area contributed by atoms with Crippen molar-refractivity contribution in [2.24, 2.45) is 5.92 Å². The fraction of sp³-hybridized carbons (Fsp3) is 0.579. The van der Waals surface area contributed by atoms with Crippen molar-refractivity contribution >= 4 is 11.8 Å². The molecule has 4 nitrogen and oxygen atoms in total. The highest BCUT2D eigenvalue weighted by Gasteiger charge is 2.32. The Kier molecular flexibility index (Phi) is 4.99. The lowest BCUT2D eigenvalue weighted by atomic mass is 9.91. The van der Waals surface area contributed by atoms with Crippen molar-refractivity contribution in [3.8, 4) is 0 Å². The lowest BCUT2D eigenvalue weighted by Crippen LogP contribution is -2.44. The molecule has 1 heterocycles. The molecule has 2 fully saturated rings. The van der Waals surface area contributed by atoms with Crippen molar-refractivity contribution in [3.63, 3.8) is 0 Å². The van der Waals surface area contributed by atoms with E-state index in [-0.39, 0.29) is 23.7 Å². The highest BCUT2D eigenvalue weighted by Crippen LogP contribution is 2.26. The van der Waals surface area contributed by atoms with Gasteiger partial charge in [0.1, 0.15) is 0 Å². The third kappa shape index (κ3) is 3.92. The highest BCUT2D eigenvalue weighted by atomic mass is 16.2. The van der Waals surface area contributed by atoms with Crippen molar-refractivity contribution in [3.05, 3.63) is 35.9 Å². The smallest absolute Gasteiger partial charge is 0.230 e. The number of nitrogens with zero attached hydrogens (tertiary/aromatic N) is 1. The summed E-state index contributed by atoms with van der Waals surface area (Å²) in [6.07, 6.45) is 4.63. The van der Waals surface area contributed by atoms with Gasteiger partial charge < -0.3 is 10.2 Å². The van der Waals surface area contributed by atoms with Crippen molar-refractivity contribution in [1.82, 2.24) is 10.2 Å². The first-order valence-corrected chi connectivity index (χ1v) is 8.83. The van der Waals surface area contributed by atoms with Crippen LogP contribution in [0.15, 0.2) is 30.3 Å². The molecule has 2 amide bonds. The van der Waals surface area contributed by atoms with E-state index in [1.165, 1.54) is 0 Å². The predicted octanol–water partition coefficient (Wildman–Crippen LogP) is 2.70. The minimum atomic E-state index is -0.0620. The second-order valence-electron chi connectivity index (χ2n) is 6.75. The van der Waals surface area contributed by atoms with Gasteiger partial charge in [0, 0.05) is 25.0 Å². The maximum atomic E-state index is 12.8. The Hall–Kier alpha value is -1.84. The zero-order valence-electron chi connectivity index (χ0n) is 13.8. The molecule has 0 radical (unpaired) electrons. The quantitative estimate of drug-likeness (QED) is 0.908. The molecule has 1 atom stereocenters. The van der Waals surface area contributed by atoms with Crippen LogP contribution in [0, 0.1) is 5.92 Å². The predicted molar refractivity (Wildman–Crippen MR) is 89.9 cm³/mol. The fourth-order valence-corrected chi connectivity index (χ4v) is 3.37. The second kappa shape index (κ2) is 7.16. The Morgan fingerprint density at radius 3 is 2.35 bits per heavy atom. The summed E-state index contributed by atoms with van der Waals surface area (Å²) in [7, 11) is 0. The first kappa shape index (κ1) is 16.0. The largest absolute Gasteiger partial charge is 0.353 e. The molecular formula is C19H26N2O2. The Labute approximate surface area is 138 Å². The SMILES string of the molecule is CCC(C(=O)N1CCC(C(=O)NC2CC2)CC1)c1ccccc1. The summed E-state index contributed by atoms with van der Waals surface area (Å²) in [5, 5.41) is 3.09. The Morgan fingerprint density at radius 1 is 1.13 bits per heavy atom. The molecule has 1 aromatic carbocycles. The first-order valence-electron chi connectivity index (χ1n) is 8.83. The summed E-state index contributed by atoms with van der Waals surface area (Å²) in [5.74, 6) is 0.416. The van der Waals surface area contributed by atoms with Crippen LogP contribution < -0.4 is 5.32 Å². The Morgan fingerprint density at radius 2 is 1.78 bits per heavy atom. The van der Waals surface area contributed by atoms with Crippen LogP contribution in [0.25, 0.3) is 0 Å². The molecule has 1 aliphatic carbocycles. The summed E-state index contributed by atoms with van der Waals surface area (Å²) in [6, 6.07) is 10.4. The van der Waals surface area contributed by atoms with E-state index in [4.69, 9.17) is 0 Å². The van der Waals surface area contributed by atoms with Crippen LogP contribution >= 0.6 is 0 Å². The van der Waals surface area contributed by atoms with Crippen LogP contribution in [-0.4, -0.2) is 35.8 Å². The number of likely N-dealkylation sites (tertiary alicyclic amines) is 1. The van der Waals surface area contributed by atoms with Gasteiger partial charge in [0.25, 0.3) is 0 Å². The van der Waals surface area contributed by atoms with E-state index in [0.717, 1.165) is 37.7 Å². The van der Waals surface area contributed by atoms with Gasteiger partial charge in [-0.15, -0.1) is 0 Å². The van der Waals surface area contributed by atoms with E-state index < -0.39 is 0 Å². The third-order valence-corrected chi connectivity index (χ3v) is 5.01. The molecule has 1 saturated heterocycles. The van der Waals surface area contributed by atoms with Crippen LogP contribution in [0.3, 0.4) is 0 Å². The topological polar surface area (TPSA) is 49.4 Å². The van der Waals surface area contributed by atoms with Crippen molar-refractivity contribution < 1.29 is 9.59 Å². The van der Waals surface area contributed by atoms with E-state index in [9.17, 15) is 9.59 Å². The molecule has 0 spiro atoms. The summed E-state index contributed by atoms with van der Waals surface area (Å²) in [5.41, 5.74) is 1.09. The summed E-state index contributed by atoms with van der Waals surface area (Å²) < 4.78 is 0. The molecule has 4 heteroatoms. The van der Waals surface area contributed by atoms with Crippen LogP contribution in [-0.2, 0) is 9.59 Å². The molecule has 1 aliphatic heterocycles. The third-order valence-electron chi connectivity index (χ3n) is 5.01. The monoisotopic (exact) mass is 314 g/mol. The standard InChI is InChI=1S/C19H26N2O2/c1-2-17(14-6-4-3-5-7-14)19(23)21-12-10-15(11-13-21)18(22)20-16-8-9-16/h3-7,15-17H,2,8-13H2,1H3,(H,20,22). The Bertz CT molecular complexity index is 546. The van der Waals surface area contributed by atoms with Crippen molar-refractivity contribution in [2.45, 2.75) is 51.0 Å². The van der Waals surface area contributed by atoms with Crippen LogP contribution in [0.1, 0.15) is 50.5 Å². The highest BCUT2D eigenvalue weighted by molar-refractivity contribution is 5.84. The van der Waals surface area contributed by atoms with Gasteiger partial charge >= 0.3 is 0 Å². The number of piperidine rings is 1. The first-order chi connectivity index (χ1) is 11.2. The number of benzene rings is 1. The van der Waals surface area contributed by atoms with Gasteiger partial charge in [-0.25, -0.2) is 0 Å². The Balaban J connectivity index is 1.55. The molecular weight excluding hydrogens is 288 g/mol. The number of hydrogen-bond acceptors (Lipinski definition) is 2. The zero-order valence-corrected chi connectivity index (χ0v) is 13.8. The van der Waals surface area contributed by atoms with Crippen LogP contribution in [0.2, 0.25) is 0 Å². The summed E-state index contributed by atoms with van der Waals surface area (Å²) >= 11 is 0. The molecule has 23 heavy (non-hydrogen) atoms. The van der Waals surface area contributed by atoms with Crippen molar-refractivity contribution in [2.75, 3.05) is 13.1 Å². The lowest BCUT2D eigenvalue weighted by Gasteiger charge is -2.33. The van der Waals surface area contributed by atoms with Gasteiger partial charge in [-0.05, 0) is 37.7 Å². The molecule has 1 N–H and O–H groups in total. The summed E-state index contributed by atoms with van der Waals surface area (Å²) in [4.78, 5) is 26.9. The average molecular weight is 314 g/mol. The number of amides is 2. The van der Waals surface area contributed by atoms with Gasteiger partial charge in [-0.1, -0.05) is 37.3 Å². The van der Waals surface area contributed by atoms with Gasteiger partial charge in [-0.3, -0.25) is 9.59 Å². The fourth-order valence-electron chi connectivity index (χ4n) is 3.37. The minimum absolute atomic E-state index is 0.0620. The molecule has 0 aromatic heterocycles. The number of carbonyl (C=O) groups is 2. The van der Waals surface area contributed by atoms with Crippen LogP contribution in [0.5, 0.6) is 0 Å². The second-order valence-corrected chi connectivity index (χ2v) is 6.75. The average Bonchev–Trinajstić information content (AvgIpc) is 3.40. The molecule has 0 bridgehead atoms. The van der Waals surface area contributed by atoms with Crippen LogP contribution in [0.4, 0.5) is 0 Å². The maximum absolute atomic E-state index is 12.8. The normalized spacial score (nSPS) is 20.1. The van der Waals surface area contributed by atoms with E-state index in [0.29, 0.717) is 19.1 Å². The molecule has 124 valence electrons. The maximum Gasteiger partial charge on any atom is 0.230 e. The van der Waals surface area contributed by atoms with E-state index in [2.05, 4.69) is 12.2 Å². The number of hydrogen-bond donors (Lipinski definition) is 1. The van der Waals surface area contributed by atoms with Crippen molar-refractivity contribution in [1.29, 1.82) is 0 Å². The van der Waals surface area contributed by atoms with Gasteiger partial charge in [0.2, 0.25) is 11.8 Å². The number of rotatable bonds is 5. The van der Waals surface area contributed by atoms with Gasteiger partial charge in [0.05, 0.1) is 5.92 Å². The number of carbonyl (C=O) groups excluding carboxylic acids is 2. The van der Waals surface area contributed by atoms with E-state index in [1.807, 2.05) is 35.2 Å². The van der Waals surface area contributed by atoms with Gasteiger partial charge in [-0.2, -0.15) is 0 Å². The molecule has 3 rings (SSSR count). The zero-order chi connectivity index (χ0) is 16.2. The van der Waals surface area contributed by atoms with E-state index in [1.54, 1.807) is 0 Å².